The number of carbonyl (C=O) groups is 1. The number of amides is 2. The highest BCUT2D eigenvalue weighted by molar-refractivity contribution is 9.10. The number of halogens is 4. The average Bonchev–Trinajstić information content (AvgIpc) is 3.23. The van der Waals surface area contributed by atoms with Crippen molar-refractivity contribution in [1.82, 2.24) is 4.90 Å². The van der Waals surface area contributed by atoms with E-state index in [2.05, 4.69) is 31.5 Å². The number of fused-ring (bicyclic) bond motifs is 1. The number of carbonyl (C=O) groups excluding carboxylic acids is 1. The number of hydrogen-bond donors (Lipinski definition) is 2. The van der Waals surface area contributed by atoms with Gasteiger partial charge < -0.3 is 25.0 Å². The van der Waals surface area contributed by atoms with Crippen LogP contribution in [0.3, 0.4) is 0 Å². The summed E-state index contributed by atoms with van der Waals surface area (Å²) in [6.45, 7) is 2.05. The quantitative estimate of drug-likeness (QED) is 0.564. The summed E-state index contributed by atoms with van der Waals surface area (Å²) in [7, 11) is 1.97. The van der Waals surface area contributed by atoms with Gasteiger partial charge in [-0.2, -0.15) is 13.2 Å². The molecular formula is C22H23BrF3N3O3. The SMILES string of the molecule is CN1CCC(Oc2ccc(NC(=O)Nc3ccc(Br)c4c3OCC4)cc2C(F)(F)F)CC1. The van der Waals surface area contributed by atoms with Crippen molar-refractivity contribution in [2.45, 2.75) is 31.5 Å². The van der Waals surface area contributed by atoms with Crippen LogP contribution in [0.25, 0.3) is 0 Å². The Balaban J connectivity index is 1.48. The summed E-state index contributed by atoms with van der Waals surface area (Å²) in [5.74, 6) is 0.338. The number of nitrogens with zero attached hydrogens (tertiary/aromatic N) is 1. The largest absolute Gasteiger partial charge is 0.491 e. The Kier molecular flexibility index (Phi) is 6.52. The van der Waals surface area contributed by atoms with Crippen molar-refractivity contribution in [3.05, 3.63) is 45.9 Å². The highest BCUT2D eigenvalue weighted by Gasteiger charge is 2.36. The second-order valence-electron chi connectivity index (χ2n) is 7.91. The molecule has 0 bridgehead atoms. The summed E-state index contributed by atoms with van der Waals surface area (Å²) in [5, 5.41) is 5.11. The third-order valence-corrected chi connectivity index (χ3v) is 6.30. The molecule has 2 aromatic rings. The lowest BCUT2D eigenvalue weighted by atomic mass is 10.1. The Hall–Kier alpha value is -2.46. The van der Waals surface area contributed by atoms with Gasteiger partial charge in [0.15, 0.2) is 0 Å². The third-order valence-electron chi connectivity index (χ3n) is 5.55. The molecule has 2 N–H and O–H groups in total. The number of likely N-dealkylation sites (tertiary alicyclic amines) is 1. The summed E-state index contributed by atoms with van der Waals surface area (Å²) in [4.78, 5) is 14.6. The molecule has 1 fully saturated rings. The van der Waals surface area contributed by atoms with Gasteiger partial charge in [-0.3, -0.25) is 0 Å². The van der Waals surface area contributed by atoms with Gasteiger partial charge in [-0.1, -0.05) is 15.9 Å². The maximum Gasteiger partial charge on any atom is 0.420 e. The first-order valence-corrected chi connectivity index (χ1v) is 11.1. The zero-order valence-electron chi connectivity index (χ0n) is 17.4. The van der Waals surface area contributed by atoms with Crippen LogP contribution in [-0.2, 0) is 12.6 Å². The number of rotatable bonds is 4. The second kappa shape index (κ2) is 9.19. The van der Waals surface area contributed by atoms with Crippen molar-refractivity contribution in [3.8, 4) is 11.5 Å². The molecule has 0 atom stereocenters. The predicted molar refractivity (Wildman–Crippen MR) is 119 cm³/mol. The lowest BCUT2D eigenvalue weighted by Crippen LogP contribution is -2.36. The van der Waals surface area contributed by atoms with Crippen LogP contribution in [0.2, 0.25) is 0 Å². The molecule has 172 valence electrons. The summed E-state index contributed by atoms with van der Waals surface area (Å²) < 4.78 is 53.2. The van der Waals surface area contributed by atoms with Crippen molar-refractivity contribution in [2.75, 3.05) is 37.4 Å². The van der Waals surface area contributed by atoms with Gasteiger partial charge in [0.2, 0.25) is 0 Å². The number of ether oxygens (including phenoxy) is 2. The Bertz CT molecular complexity index is 1010. The van der Waals surface area contributed by atoms with E-state index in [1.165, 1.54) is 12.1 Å². The minimum Gasteiger partial charge on any atom is -0.491 e. The molecule has 0 unspecified atom stereocenters. The van der Waals surface area contributed by atoms with Crippen LogP contribution in [0.1, 0.15) is 24.0 Å². The van der Waals surface area contributed by atoms with E-state index < -0.39 is 17.8 Å². The molecule has 0 aromatic heterocycles. The number of hydrogen-bond acceptors (Lipinski definition) is 4. The fraction of sp³-hybridized carbons (Fsp3) is 0.409. The van der Waals surface area contributed by atoms with Gasteiger partial charge >= 0.3 is 12.2 Å². The van der Waals surface area contributed by atoms with Gasteiger partial charge in [-0.25, -0.2) is 4.79 Å². The van der Waals surface area contributed by atoms with Crippen LogP contribution in [0, 0.1) is 0 Å². The van der Waals surface area contributed by atoms with Gasteiger partial charge in [0.25, 0.3) is 0 Å². The lowest BCUT2D eigenvalue weighted by molar-refractivity contribution is -0.139. The Morgan fingerprint density at radius 3 is 2.66 bits per heavy atom. The number of alkyl halides is 3. The van der Waals surface area contributed by atoms with E-state index in [-0.39, 0.29) is 17.5 Å². The van der Waals surface area contributed by atoms with Crippen molar-refractivity contribution >= 4 is 33.3 Å². The molecule has 0 saturated carbocycles. The van der Waals surface area contributed by atoms with E-state index in [0.29, 0.717) is 37.3 Å². The molecule has 0 radical (unpaired) electrons. The molecule has 0 spiro atoms. The van der Waals surface area contributed by atoms with E-state index in [0.717, 1.165) is 29.2 Å². The minimum absolute atomic E-state index is 0.0141. The monoisotopic (exact) mass is 513 g/mol. The van der Waals surface area contributed by atoms with E-state index in [9.17, 15) is 18.0 Å². The molecule has 6 nitrogen and oxygen atoms in total. The van der Waals surface area contributed by atoms with Gasteiger partial charge in [0.1, 0.15) is 17.6 Å². The van der Waals surface area contributed by atoms with Gasteiger partial charge in [-0.15, -0.1) is 0 Å². The maximum atomic E-state index is 13.7. The van der Waals surface area contributed by atoms with Gasteiger partial charge in [-0.05, 0) is 50.2 Å². The standard InChI is InChI=1S/C22H23BrF3N3O3/c1-29-9-6-14(7-10-29)32-19-5-2-13(12-16(19)22(24,25)26)27-21(30)28-18-4-3-17(23)15-8-11-31-20(15)18/h2-5,12,14H,6-11H2,1H3,(H2,27,28,30). The molecule has 2 heterocycles. The summed E-state index contributed by atoms with van der Waals surface area (Å²) in [6.07, 6.45) is -2.85. The smallest absolute Gasteiger partial charge is 0.420 e. The van der Waals surface area contributed by atoms with Crippen LogP contribution < -0.4 is 20.1 Å². The third kappa shape index (κ3) is 5.12. The molecule has 32 heavy (non-hydrogen) atoms. The van der Waals surface area contributed by atoms with Crippen molar-refractivity contribution in [3.63, 3.8) is 0 Å². The molecule has 2 aliphatic heterocycles. The summed E-state index contributed by atoms with van der Waals surface area (Å²) >= 11 is 3.44. The Morgan fingerprint density at radius 2 is 1.94 bits per heavy atom. The predicted octanol–water partition coefficient (Wildman–Crippen LogP) is 5.52. The van der Waals surface area contributed by atoms with Crippen LogP contribution >= 0.6 is 15.9 Å². The minimum atomic E-state index is -4.62. The number of benzene rings is 2. The maximum absolute atomic E-state index is 13.7. The van der Waals surface area contributed by atoms with Crippen molar-refractivity contribution < 1.29 is 27.4 Å². The molecule has 10 heteroatoms. The molecule has 0 aliphatic carbocycles. The second-order valence-corrected chi connectivity index (χ2v) is 8.76. The Morgan fingerprint density at radius 1 is 1.19 bits per heavy atom. The normalized spacial score (nSPS) is 16.9. The lowest BCUT2D eigenvalue weighted by Gasteiger charge is -2.30. The molecule has 2 aliphatic rings. The highest BCUT2D eigenvalue weighted by Crippen LogP contribution is 2.40. The van der Waals surface area contributed by atoms with E-state index in [4.69, 9.17) is 9.47 Å². The summed E-state index contributed by atoms with van der Waals surface area (Å²) in [5.41, 5.74) is 0.497. The van der Waals surface area contributed by atoms with E-state index in [1.54, 1.807) is 12.1 Å². The number of piperidine rings is 1. The highest BCUT2D eigenvalue weighted by atomic mass is 79.9. The number of urea groups is 1. The first-order chi connectivity index (χ1) is 15.2. The first-order valence-electron chi connectivity index (χ1n) is 10.3. The zero-order chi connectivity index (χ0) is 22.9. The van der Waals surface area contributed by atoms with Gasteiger partial charge in [0.05, 0.1) is 17.9 Å². The van der Waals surface area contributed by atoms with E-state index >= 15 is 0 Å². The molecule has 4 rings (SSSR count). The van der Waals surface area contributed by atoms with Crippen molar-refractivity contribution in [2.24, 2.45) is 0 Å². The average molecular weight is 514 g/mol. The Labute approximate surface area is 192 Å². The van der Waals surface area contributed by atoms with E-state index in [1.807, 2.05) is 7.05 Å². The van der Waals surface area contributed by atoms with Gasteiger partial charge in [0, 0.05) is 35.2 Å². The summed E-state index contributed by atoms with van der Waals surface area (Å²) in [6, 6.07) is 6.36. The number of nitrogens with one attached hydrogen (secondary N) is 2. The van der Waals surface area contributed by atoms with Crippen LogP contribution in [-0.4, -0.2) is 43.8 Å². The number of anilines is 2. The fourth-order valence-corrected chi connectivity index (χ4v) is 4.36. The van der Waals surface area contributed by atoms with Crippen LogP contribution in [0.15, 0.2) is 34.8 Å². The zero-order valence-corrected chi connectivity index (χ0v) is 19.0. The van der Waals surface area contributed by atoms with Crippen molar-refractivity contribution in [1.29, 1.82) is 0 Å². The van der Waals surface area contributed by atoms with Crippen LogP contribution in [0.4, 0.5) is 29.3 Å². The molecule has 2 aromatic carbocycles. The first kappa shape index (κ1) is 22.7. The molecular weight excluding hydrogens is 491 g/mol. The van der Waals surface area contributed by atoms with Crippen LogP contribution in [0.5, 0.6) is 11.5 Å². The topological polar surface area (TPSA) is 62.8 Å². The molecule has 2 amide bonds. The fourth-order valence-electron chi connectivity index (χ4n) is 3.85. The molecule has 1 saturated heterocycles.